The molecule has 1 aromatic heterocycles. The lowest BCUT2D eigenvalue weighted by molar-refractivity contribution is -0.118. The molecule has 0 aliphatic rings. The highest BCUT2D eigenvalue weighted by atomic mass is 16.2. The minimum Gasteiger partial charge on any atom is -0.333 e. The van der Waals surface area contributed by atoms with Crippen molar-refractivity contribution in [1.29, 1.82) is 0 Å². The molecule has 2 N–H and O–H groups in total. The Labute approximate surface area is 362 Å². The maximum atomic E-state index is 14.7. The number of nitrogens with one attached hydrogen (secondary N) is 2. The molecule has 2 amide bonds. The number of imidazole rings is 1. The molecule has 0 saturated heterocycles. The Morgan fingerprint density at radius 3 is 1.23 bits per heavy atom. The molecule has 0 radical (unpaired) electrons. The van der Waals surface area contributed by atoms with Gasteiger partial charge in [-0.3, -0.25) is 19.6 Å². The monoisotopic (exact) mass is 810 g/mol. The van der Waals surface area contributed by atoms with Crippen molar-refractivity contribution in [3.63, 3.8) is 0 Å². The summed E-state index contributed by atoms with van der Waals surface area (Å²) in [7, 11) is 0. The largest absolute Gasteiger partial charge is 0.333 e. The molecule has 7 aromatic carbocycles. The number of aliphatic imine (C=N–C) groups is 2. The molecule has 0 aliphatic heterocycles. The Kier molecular flexibility index (Phi) is 13.4. The molecule has 62 heavy (non-hydrogen) atoms. The van der Waals surface area contributed by atoms with E-state index in [1.54, 1.807) is 18.5 Å². The quantitative estimate of drug-likeness (QED) is 0.0951. The lowest BCUT2D eigenvalue weighted by Crippen LogP contribution is -2.32. The van der Waals surface area contributed by atoms with E-state index >= 15 is 0 Å². The van der Waals surface area contributed by atoms with Gasteiger partial charge in [-0.15, -0.1) is 0 Å². The zero-order valence-electron chi connectivity index (χ0n) is 34.2. The highest BCUT2D eigenvalue weighted by molar-refractivity contribution is 6.15. The first-order valence-corrected chi connectivity index (χ1v) is 20.7. The van der Waals surface area contributed by atoms with E-state index in [1.807, 2.05) is 193 Å². The van der Waals surface area contributed by atoms with E-state index in [4.69, 9.17) is 15.0 Å². The van der Waals surface area contributed by atoms with Crippen LogP contribution in [0.3, 0.4) is 0 Å². The van der Waals surface area contributed by atoms with Crippen LogP contribution in [0.25, 0.3) is 0 Å². The van der Waals surface area contributed by atoms with Gasteiger partial charge in [0.25, 0.3) is 0 Å². The van der Waals surface area contributed by atoms with Crippen molar-refractivity contribution < 1.29 is 9.59 Å². The van der Waals surface area contributed by atoms with Gasteiger partial charge in [0.2, 0.25) is 11.8 Å². The maximum absolute atomic E-state index is 14.7. The normalized spacial score (nSPS) is 11.7. The predicted molar refractivity (Wildman–Crippen MR) is 250 cm³/mol. The SMILES string of the molecule is O=C(Nc1ccccc1NC(=O)[C@H](Cc1cn(Cc2ccccc2)cn1)N=C(c1ccccc1)c1ccccc1)[C@H](Cc1ccccc1)N=C(c1ccccc1)c1ccccc1. The van der Waals surface area contributed by atoms with Gasteiger partial charge < -0.3 is 15.2 Å². The number of benzene rings is 7. The fourth-order valence-corrected chi connectivity index (χ4v) is 7.28. The first-order valence-electron chi connectivity index (χ1n) is 20.7. The molecule has 0 unspecified atom stereocenters. The number of hydrogen-bond acceptors (Lipinski definition) is 5. The summed E-state index contributed by atoms with van der Waals surface area (Å²) in [6.45, 7) is 0.647. The van der Waals surface area contributed by atoms with Crippen LogP contribution in [-0.2, 0) is 29.0 Å². The Bertz CT molecular complexity index is 2660. The van der Waals surface area contributed by atoms with E-state index < -0.39 is 12.1 Å². The van der Waals surface area contributed by atoms with Gasteiger partial charge in [-0.25, -0.2) is 4.98 Å². The van der Waals surface area contributed by atoms with Crippen molar-refractivity contribution in [2.45, 2.75) is 31.5 Å². The molecule has 304 valence electrons. The van der Waals surface area contributed by atoms with Crippen LogP contribution in [0.1, 0.15) is 39.1 Å². The van der Waals surface area contributed by atoms with Gasteiger partial charge in [0.15, 0.2) is 0 Å². The van der Waals surface area contributed by atoms with E-state index in [2.05, 4.69) is 22.8 Å². The topological polar surface area (TPSA) is 101 Å². The van der Waals surface area contributed by atoms with Gasteiger partial charge in [0.05, 0.1) is 34.8 Å². The van der Waals surface area contributed by atoms with E-state index in [-0.39, 0.29) is 18.2 Å². The van der Waals surface area contributed by atoms with Crippen LogP contribution in [0, 0.1) is 0 Å². The van der Waals surface area contributed by atoms with Crippen molar-refractivity contribution in [3.05, 3.63) is 258 Å². The number of para-hydroxylation sites is 2. The molecule has 8 nitrogen and oxygen atoms in total. The number of aromatic nitrogens is 2. The fraction of sp³-hybridized carbons (Fsp3) is 0.0926. The smallest absolute Gasteiger partial charge is 0.249 e. The average Bonchev–Trinajstić information content (AvgIpc) is 3.77. The zero-order valence-corrected chi connectivity index (χ0v) is 34.2. The molecule has 0 bridgehead atoms. The summed E-state index contributed by atoms with van der Waals surface area (Å²) in [4.78, 5) is 44.4. The van der Waals surface area contributed by atoms with Crippen molar-refractivity contribution >= 4 is 34.6 Å². The van der Waals surface area contributed by atoms with Crippen LogP contribution >= 0.6 is 0 Å². The van der Waals surface area contributed by atoms with E-state index in [1.165, 1.54) is 0 Å². The third kappa shape index (κ3) is 10.8. The number of rotatable bonds is 16. The first-order chi connectivity index (χ1) is 30.6. The van der Waals surface area contributed by atoms with Crippen LogP contribution in [0.2, 0.25) is 0 Å². The Balaban J connectivity index is 1.12. The van der Waals surface area contributed by atoms with Crippen LogP contribution in [0.5, 0.6) is 0 Å². The van der Waals surface area contributed by atoms with Crippen molar-refractivity contribution in [2.24, 2.45) is 9.98 Å². The number of carbonyl (C=O) groups is 2. The standard InChI is InChI=1S/C54H46N6O2/c61-53(49(35-40-21-7-1-8-22-40)56-51(42-25-11-3-12-26-42)43-27-13-4-14-28-43)58-47-33-19-20-34-48(47)59-54(62)50(36-46-38-60(39-55-46)37-41-23-9-2-10-24-41)57-52(44-29-15-5-16-30-44)45-31-17-6-18-32-45/h1-34,38-39,49-50H,35-37H2,(H,58,61)(H,59,62)/t49-,50-/m0/s1. The Morgan fingerprint density at radius 2 is 0.806 bits per heavy atom. The maximum Gasteiger partial charge on any atom is 0.249 e. The summed E-state index contributed by atoms with van der Waals surface area (Å²) in [5.74, 6) is -0.656. The summed E-state index contributed by atoms with van der Waals surface area (Å²) in [6.07, 6.45) is 4.35. The lowest BCUT2D eigenvalue weighted by Gasteiger charge is -2.19. The number of amides is 2. The van der Waals surface area contributed by atoms with Gasteiger partial charge in [-0.05, 0) is 23.3 Å². The van der Waals surface area contributed by atoms with Gasteiger partial charge in [-0.1, -0.05) is 194 Å². The van der Waals surface area contributed by atoms with Crippen LogP contribution in [-0.4, -0.2) is 44.9 Å². The predicted octanol–water partition coefficient (Wildman–Crippen LogP) is 10.1. The molecule has 8 aromatic rings. The molecule has 0 spiro atoms. The minimum absolute atomic E-state index is 0.237. The van der Waals surface area contributed by atoms with Gasteiger partial charge in [0.1, 0.15) is 12.1 Å². The van der Waals surface area contributed by atoms with Crippen molar-refractivity contribution in [1.82, 2.24) is 9.55 Å². The highest BCUT2D eigenvalue weighted by Crippen LogP contribution is 2.25. The third-order valence-electron chi connectivity index (χ3n) is 10.4. The molecule has 0 fully saturated rings. The van der Waals surface area contributed by atoms with E-state index in [9.17, 15) is 9.59 Å². The molecular weight excluding hydrogens is 765 g/mol. The van der Waals surface area contributed by atoms with Crippen LogP contribution in [0.15, 0.2) is 229 Å². The lowest BCUT2D eigenvalue weighted by atomic mass is 10.00. The zero-order chi connectivity index (χ0) is 42.4. The Morgan fingerprint density at radius 1 is 0.452 bits per heavy atom. The second kappa shape index (κ2) is 20.3. The average molecular weight is 811 g/mol. The summed E-state index contributed by atoms with van der Waals surface area (Å²) in [5.41, 5.74) is 8.69. The summed E-state index contributed by atoms with van der Waals surface area (Å²) < 4.78 is 2.01. The number of carbonyl (C=O) groups excluding carboxylic acids is 2. The summed E-state index contributed by atoms with van der Waals surface area (Å²) in [6, 6.07) is 65.1. The van der Waals surface area contributed by atoms with Crippen molar-refractivity contribution in [2.75, 3.05) is 10.6 Å². The minimum atomic E-state index is -0.885. The number of hydrogen-bond donors (Lipinski definition) is 2. The van der Waals surface area contributed by atoms with Crippen molar-refractivity contribution in [3.8, 4) is 0 Å². The van der Waals surface area contributed by atoms with Crippen LogP contribution in [0.4, 0.5) is 11.4 Å². The molecule has 0 saturated carbocycles. The number of anilines is 2. The van der Waals surface area contributed by atoms with Gasteiger partial charge >= 0.3 is 0 Å². The second-order valence-corrected chi connectivity index (χ2v) is 14.9. The molecule has 2 atom stereocenters. The summed E-state index contributed by atoms with van der Waals surface area (Å²) >= 11 is 0. The van der Waals surface area contributed by atoms with E-state index in [0.717, 1.165) is 39.1 Å². The highest BCUT2D eigenvalue weighted by Gasteiger charge is 2.25. The fourth-order valence-electron chi connectivity index (χ4n) is 7.28. The molecule has 1 heterocycles. The van der Waals surface area contributed by atoms with E-state index in [0.29, 0.717) is 35.8 Å². The molecular formula is C54H46N6O2. The Hall–Kier alpha value is -7.97. The summed E-state index contributed by atoms with van der Waals surface area (Å²) in [5, 5.41) is 6.28. The molecule has 8 rings (SSSR count). The van der Waals surface area contributed by atoms with Gasteiger partial charge in [0, 0.05) is 47.8 Å². The molecule has 0 aliphatic carbocycles. The second-order valence-electron chi connectivity index (χ2n) is 14.9. The van der Waals surface area contributed by atoms with Gasteiger partial charge in [-0.2, -0.15) is 0 Å². The number of nitrogens with zero attached hydrogens (tertiary/aromatic N) is 4. The van der Waals surface area contributed by atoms with Crippen LogP contribution < -0.4 is 10.6 Å². The molecule has 8 heteroatoms. The third-order valence-corrected chi connectivity index (χ3v) is 10.4. The first kappa shape index (κ1) is 40.8.